The van der Waals surface area contributed by atoms with Gasteiger partial charge in [-0.05, 0) is 55.3 Å². The Labute approximate surface area is 171 Å². The van der Waals surface area contributed by atoms with Gasteiger partial charge < -0.3 is 20.1 Å². The molecular formula is C21H26ClFN2O3. The third-order valence-corrected chi connectivity index (χ3v) is 4.83. The summed E-state index contributed by atoms with van der Waals surface area (Å²) in [6.07, 6.45) is 2.45. The summed E-state index contributed by atoms with van der Waals surface area (Å²) in [6, 6.07) is 11.3. The van der Waals surface area contributed by atoms with Crippen LogP contribution in [0.15, 0.2) is 42.5 Å². The van der Waals surface area contributed by atoms with Crippen LogP contribution in [0, 0.1) is 5.82 Å². The van der Waals surface area contributed by atoms with Gasteiger partial charge in [0.05, 0.1) is 20.3 Å². The van der Waals surface area contributed by atoms with Gasteiger partial charge in [0.15, 0.2) is 0 Å². The quantitative estimate of drug-likeness (QED) is 0.734. The maximum absolute atomic E-state index is 14.0. The van der Waals surface area contributed by atoms with Crippen LogP contribution in [-0.2, 0) is 4.79 Å². The van der Waals surface area contributed by atoms with E-state index in [1.165, 1.54) is 19.2 Å². The van der Waals surface area contributed by atoms with E-state index < -0.39 is 6.04 Å². The van der Waals surface area contributed by atoms with Crippen molar-refractivity contribution in [1.82, 2.24) is 10.6 Å². The summed E-state index contributed by atoms with van der Waals surface area (Å²) >= 11 is 0. The highest BCUT2D eigenvalue weighted by Gasteiger charge is 2.24. The Morgan fingerprint density at radius 3 is 2.75 bits per heavy atom. The predicted molar refractivity (Wildman–Crippen MR) is 109 cm³/mol. The number of amides is 1. The molecule has 1 amide bonds. The average molecular weight is 409 g/mol. The van der Waals surface area contributed by atoms with Gasteiger partial charge in [-0.1, -0.05) is 12.1 Å². The number of nitrogens with one attached hydrogen (secondary N) is 2. The third-order valence-electron chi connectivity index (χ3n) is 4.83. The maximum atomic E-state index is 14.0. The molecule has 1 aliphatic rings. The van der Waals surface area contributed by atoms with Crippen LogP contribution in [0.1, 0.15) is 36.4 Å². The van der Waals surface area contributed by atoms with E-state index in [-0.39, 0.29) is 30.2 Å². The molecule has 2 unspecified atom stereocenters. The Morgan fingerprint density at radius 2 is 2.07 bits per heavy atom. The summed E-state index contributed by atoms with van der Waals surface area (Å²) in [7, 11) is 3.12. The fourth-order valence-electron chi connectivity index (χ4n) is 3.47. The third kappa shape index (κ3) is 5.36. The molecule has 2 N–H and O–H groups in total. The SMILES string of the molecule is COc1cccc(C(NC(=O)CC2CCCN2)c2cc(F)ccc2OC)c1.Cl. The van der Waals surface area contributed by atoms with E-state index in [1.807, 2.05) is 24.3 Å². The second kappa shape index (κ2) is 10.3. The van der Waals surface area contributed by atoms with Crippen molar-refractivity contribution in [2.24, 2.45) is 0 Å². The fourth-order valence-corrected chi connectivity index (χ4v) is 3.47. The van der Waals surface area contributed by atoms with Crippen LogP contribution in [-0.4, -0.2) is 32.7 Å². The molecule has 5 nitrogen and oxygen atoms in total. The lowest BCUT2D eigenvalue weighted by molar-refractivity contribution is -0.122. The summed E-state index contributed by atoms with van der Waals surface area (Å²) in [4.78, 5) is 12.7. The molecule has 2 aromatic rings. The van der Waals surface area contributed by atoms with E-state index in [0.29, 0.717) is 23.5 Å². The number of hydrogen-bond acceptors (Lipinski definition) is 4. The first kappa shape index (κ1) is 22.0. The molecule has 0 aliphatic carbocycles. The molecular weight excluding hydrogens is 383 g/mol. The minimum absolute atomic E-state index is 0. The lowest BCUT2D eigenvalue weighted by Gasteiger charge is -2.23. The number of carbonyl (C=O) groups excluding carboxylic acids is 1. The second-order valence-electron chi connectivity index (χ2n) is 6.66. The number of rotatable bonds is 7. The summed E-state index contributed by atoms with van der Waals surface area (Å²) in [5, 5.41) is 6.37. The Bertz CT molecular complexity index is 797. The molecule has 0 bridgehead atoms. The van der Waals surface area contributed by atoms with Crippen LogP contribution in [0.25, 0.3) is 0 Å². The molecule has 1 fully saturated rings. The van der Waals surface area contributed by atoms with E-state index in [2.05, 4.69) is 10.6 Å². The molecule has 1 saturated heterocycles. The Hall–Kier alpha value is -2.31. The molecule has 28 heavy (non-hydrogen) atoms. The summed E-state index contributed by atoms with van der Waals surface area (Å²) in [5.74, 6) is 0.710. The lowest BCUT2D eigenvalue weighted by atomic mass is 9.96. The molecule has 2 atom stereocenters. The zero-order valence-corrected chi connectivity index (χ0v) is 16.9. The molecule has 1 heterocycles. The van der Waals surface area contributed by atoms with E-state index >= 15 is 0 Å². The van der Waals surface area contributed by atoms with Crippen molar-refractivity contribution in [1.29, 1.82) is 0 Å². The highest BCUT2D eigenvalue weighted by Crippen LogP contribution is 2.32. The standard InChI is InChI=1S/C21H25FN2O3.ClH/c1-26-17-7-3-5-14(11-17)21(18-12-15(22)8-9-19(18)27-2)24-20(25)13-16-6-4-10-23-16;/h3,5,7-9,11-12,16,21,23H,4,6,10,13H2,1-2H3,(H,24,25);1H. The van der Waals surface area contributed by atoms with E-state index in [4.69, 9.17) is 9.47 Å². The first-order valence-corrected chi connectivity index (χ1v) is 9.11. The van der Waals surface area contributed by atoms with E-state index in [1.54, 1.807) is 13.2 Å². The van der Waals surface area contributed by atoms with Gasteiger partial charge in [-0.3, -0.25) is 4.79 Å². The molecule has 0 saturated carbocycles. The largest absolute Gasteiger partial charge is 0.497 e. The zero-order chi connectivity index (χ0) is 19.2. The van der Waals surface area contributed by atoms with Gasteiger partial charge in [0.25, 0.3) is 0 Å². The minimum atomic E-state index is -0.542. The molecule has 2 aromatic carbocycles. The number of ether oxygens (including phenoxy) is 2. The summed E-state index contributed by atoms with van der Waals surface area (Å²) in [5.41, 5.74) is 1.37. The second-order valence-corrected chi connectivity index (χ2v) is 6.66. The normalized spacial score (nSPS) is 16.8. The van der Waals surface area contributed by atoms with Crippen LogP contribution < -0.4 is 20.1 Å². The molecule has 7 heteroatoms. The summed E-state index contributed by atoms with van der Waals surface area (Å²) < 4.78 is 24.7. The van der Waals surface area contributed by atoms with Gasteiger partial charge in [0.1, 0.15) is 17.3 Å². The first-order valence-electron chi connectivity index (χ1n) is 9.11. The van der Waals surface area contributed by atoms with Gasteiger partial charge in [0.2, 0.25) is 5.91 Å². The Kier molecular flexibility index (Phi) is 8.08. The zero-order valence-electron chi connectivity index (χ0n) is 16.0. The minimum Gasteiger partial charge on any atom is -0.497 e. The van der Waals surface area contributed by atoms with Crippen molar-refractivity contribution in [2.75, 3.05) is 20.8 Å². The first-order chi connectivity index (χ1) is 13.1. The Balaban J connectivity index is 0.00000280. The number of carbonyl (C=O) groups is 1. The maximum Gasteiger partial charge on any atom is 0.222 e. The number of halogens is 2. The van der Waals surface area contributed by atoms with E-state index in [9.17, 15) is 9.18 Å². The van der Waals surface area contributed by atoms with Gasteiger partial charge in [-0.15, -0.1) is 12.4 Å². The van der Waals surface area contributed by atoms with Crippen molar-refractivity contribution < 1.29 is 18.7 Å². The number of benzene rings is 2. The monoisotopic (exact) mass is 408 g/mol. The molecule has 0 aromatic heterocycles. The highest BCUT2D eigenvalue weighted by atomic mass is 35.5. The van der Waals surface area contributed by atoms with Crippen LogP contribution in [0.3, 0.4) is 0 Å². The lowest BCUT2D eigenvalue weighted by Crippen LogP contribution is -2.34. The Morgan fingerprint density at radius 1 is 1.25 bits per heavy atom. The predicted octanol–water partition coefficient (Wildman–Crippen LogP) is 3.61. The molecule has 0 radical (unpaired) electrons. The average Bonchev–Trinajstić information content (AvgIpc) is 3.19. The van der Waals surface area contributed by atoms with Gasteiger partial charge in [0, 0.05) is 18.0 Å². The summed E-state index contributed by atoms with van der Waals surface area (Å²) in [6.45, 7) is 0.939. The van der Waals surface area contributed by atoms with Crippen molar-refractivity contribution in [2.45, 2.75) is 31.3 Å². The van der Waals surface area contributed by atoms with Crippen LogP contribution >= 0.6 is 12.4 Å². The van der Waals surface area contributed by atoms with Crippen molar-refractivity contribution in [3.63, 3.8) is 0 Å². The topological polar surface area (TPSA) is 59.6 Å². The fraction of sp³-hybridized carbons (Fsp3) is 0.381. The molecule has 3 rings (SSSR count). The van der Waals surface area contributed by atoms with Crippen molar-refractivity contribution >= 4 is 18.3 Å². The van der Waals surface area contributed by atoms with Gasteiger partial charge in [-0.2, -0.15) is 0 Å². The highest BCUT2D eigenvalue weighted by molar-refractivity contribution is 5.85. The molecule has 1 aliphatic heterocycles. The van der Waals surface area contributed by atoms with E-state index in [0.717, 1.165) is 24.9 Å². The van der Waals surface area contributed by atoms with Crippen LogP contribution in [0.2, 0.25) is 0 Å². The molecule has 0 spiro atoms. The van der Waals surface area contributed by atoms with Crippen LogP contribution in [0.5, 0.6) is 11.5 Å². The number of hydrogen-bond donors (Lipinski definition) is 2. The van der Waals surface area contributed by atoms with Gasteiger partial charge in [-0.25, -0.2) is 4.39 Å². The number of methoxy groups -OCH3 is 2. The smallest absolute Gasteiger partial charge is 0.222 e. The van der Waals surface area contributed by atoms with Crippen LogP contribution in [0.4, 0.5) is 4.39 Å². The van der Waals surface area contributed by atoms with Crippen molar-refractivity contribution in [3.8, 4) is 11.5 Å². The van der Waals surface area contributed by atoms with Gasteiger partial charge >= 0.3 is 0 Å². The van der Waals surface area contributed by atoms with Crippen molar-refractivity contribution in [3.05, 3.63) is 59.4 Å². The molecule has 152 valence electrons.